The Bertz CT molecular complexity index is 1710. The Morgan fingerprint density at radius 1 is 0.510 bits per heavy atom. The normalized spacial score (nSPS) is 12.8. The summed E-state index contributed by atoms with van der Waals surface area (Å²) in [6.45, 7) is 26.6. The van der Waals surface area contributed by atoms with Crippen LogP contribution in [0.4, 0.5) is 22.7 Å². The Hall–Kier alpha value is -4.05. The first kappa shape index (κ1) is 37.8. The van der Waals surface area contributed by atoms with Crippen LogP contribution in [0.3, 0.4) is 0 Å². The molecule has 0 aliphatic heterocycles. The van der Waals surface area contributed by atoms with Gasteiger partial charge in [-0.3, -0.25) is 0 Å². The van der Waals surface area contributed by atoms with Crippen molar-refractivity contribution in [3.05, 3.63) is 106 Å². The summed E-state index contributed by atoms with van der Waals surface area (Å²) < 4.78 is 13.5. The molecule has 7 heteroatoms. The Labute approximate surface area is 301 Å². The molecular formula is C42H54AlN4O2+. The number of anilines is 2. The fourth-order valence-electron chi connectivity index (χ4n) is 5.35. The molecule has 0 amide bonds. The second kappa shape index (κ2) is 14.4. The van der Waals surface area contributed by atoms with Gasteiger partial charge in [-0.15, -0.1) is 0 Å². The summed E-state index contributed by atoms with van der Waals surface area (Å²) in [5.74, 6) is 1.54. The van der Waals surface area contributed by atoms with Crippen molar-refractivity contribution < 1.29 is 7.58 Å². The quantitative estimate of drug-likeness (QED) is 0.111. The van der Waals surface area contributed by atoms with Crippen molar-refractivity contribution in [1.82, 2.24) is 0 Å². The fourth-order valence-corrected chi connectivity index (χ4v) is 6.11. The van der Waals surface area contributed by atoms with Crippen molar-refractivity contribution in [1.29, 1.82) is 0 Å². The van der Waals surface area contributed by atoms with Crippen LogP contribution >= 0.6 is 0 Å². The number of hydrogen-bond donors (Lipinski definition) is 2. The summed E-state index contributed by atoms with van der Waals surface area (Å²) in [7, 11) is 0. The molecule has 0 aromatic heterocycles. The van der Waals surface area contributed by atoms with Crippen molar-refractivity contribution >= 4 is 51.1 Å². The van der Waals surface area contributed by atoms with Crippen molar-refractivity contribution in [3.63, 3.8) is 0 Å². The molecule has 0 aliphatic carbocycles. The Morgan fingerprint density at radius 3 is 1.16 bits per heavy atom. The first-order valence-electron chi connectivity index (χ1n) is 17.0. The van der Waals surface area contributed by atoms with E-state index >= 15 is 0 Å². The maximum absolute atomic E-state index is 6.76. The Morgan fingerprint density at radius 2 is 0.857 bits per heavy atom. The van der Waals surface area contributed by atoms with Crippen LogP contribution in [0.25, 0.3) is 0 Å². The monoisotopic (exact) mass is 673 g/mol. The summed E-state index contributed by atoms with van der Waals surface area (Å²) in [4.78, 5) is 9.63. The number of rotatable bonds is 8. The molecule has 6 nitrogen and oxygen atoms in total. The summed E-state index contributed by atoms with van der Waals surface area (Å²) in [5.41, 5.74) is 21.0. The summed E-state index contributed by atoms with van der Waals surface area (Å²) >= 11 is -0.983. The van der Waals surface area contributed by atoms with Crippen LogP contribution in [0.1, 0.15) is 116 Å². The average molecular weight is 674 g/mol. The van der Waals surface area contributed by atoms with Gasteiger partial charge in [0, 0.05) is 0 Å². The van der Waals surface area contributed by atoms with Crippen LogP contribution in [0.2, 0.25) is 0 Å². The summed E-state index contributed by atoms with van der Waals surface area (Å²) in [5, 5.41) is 0. The predicted molar refractivity (Wildman–Crippen MR) is 211 cm³/mol. The number of nitrogens with zero attached hydrogens (tertiary/aromatic N) is 2. The molecule has 0 saturated heterocycles. The van der Waals surface area contributed by atoms with Crippen LogP contribution < -0.4 is 19.0 Å². The first-order valence-corrected chi connectivity index (χ1v) is 17.9. The van der Waals surface area contributed by atoms with E-state index in [2.05, 4.69) is 107 Å². The molecule has 0 spiro atoms. The van der Waals surface area contributed by atoms with Crippen molar-refractivity contribution in [2.24, 2.45) is 9.98 Å². The molecule has 4 aromatic rings. The predicted octanol–water partition coefficient (Wildman–Crippen LogP) is 10.5. The van der Waals surface area contributed by atoms with Crippen LogP contribution in [0, 0.1) is 0 Å². The van der Waals surface area contributed by atoms with Gasteiger partial charge in [0.15, 0.2) is 0 Å². The SMILES string of the molecule is CC(C)(C)c1cc(C=Nc2ccccc2N)c([O][Al+][O]c2c(C=Nc3ccccc3N)cc(C(C)(C)C)cc2C(C)(C)C)c(C(C)(C)C)c1. The fraction of sp³-hybridized carbons (Fsp3) is 0.381. The van der Waals surface area contributed by atoms with Crippen LogP contribution in [-0.4, -0.2) is 28.3 Å². The average Bonchev–Trinajstić information content (AvgIpc) is 2.98. The van der Waals surface area contributed by atoms with E-state index in [9.17, 15) is 0 Å². The second-order valence-corrected chi connectivity index (χ2v) is 17.5. The van der Waals surface area contributed by atoms with Gasteiger partial charge < -0.3 is 0 Å². The van der Waals surface area contributed by atoms with Gasteiger partial charge in [-0.05, 0) is 0 Å². The molecule has 4 N–H and O–H groups in total. The number of hydrogen-bond acceptors (Lipinski definition) is 6. The van der Waals surface area contributed by atoms with E-state index in [-0.39, 0.29) is 21.7 Å². The third kappa shape index (κ3) is 9.56. The molecule has 4 aromatic carbocycles. The third-order valence-electron chi connectivity index (χ3n) is 8.47. The summed E-state index contributed by atoms with van der Waals surface area (Å²) in [6, 6.07) is 24.1. The van der Waals surface area contributed by atoms with E-state index in [1.165, 1.54) is 11.1 Å². The van der Waals surface area contributed by atoms with Gasteiger partial charge in [-0.2, -0.15) is 0 Å². The van der Waals surface area contributed by atoms with Crippen molar-refractivity contribution in [3.8, 4) is 11.5 Å². The standard InChI is InChI=1S/2C21H28N2O.Al/c2*1-20(2,3)15-11-14(19(24)16(12-15)21(4,5)6)13-23-18-10-8-7-9-17(18)22;/h2*7-13,24H,22H2,1-6H3;/q;;+3/p-2. The molecular weight excluding hydrogens is 619 g/mol. The van der Waals surface area contributed by atoms with Crippen LogP contribution in [-0.2, 0) is 21.7 Å². The topological polar surface area (TPSA) is 95.2 Å². The van der Waals surface area contributed by atoms with Gasteiger partial charge >= 0.3 is 303 Å². The number of nitrogens with two attached hydrogens (primary N) is 2. The molecule has 0 atom stereocenters. The van der Waals surface area contributed by atoms with E-state index in [0.717, 1.165) is 33.8 Å². The second-order valence-electron chi connectivity index (χ2n) is 16.9. The summed E-state index contributed by atoms with van der Waals surface area (Å²) in [6.07, 6.45) is 3.73. The molecule has 4 rings (SSSR count). The van der Waals surface area contributed by atoms with E-state index in [1.807, 2.05) is 61.0 Å². The zero-order valence-electron chi connectivity index (χ0n) is 31.5. The Balaban J connectivity index is 1.84. The number of aliphatic imine (C=N–C) groups is 2. The minimum absolute atomic E-state index is 0.0803. The van der Waals surface area contributed by atoms with Gasteiger partial charge in [-0.1, -0.05) is 0 Å². The van der Waals surface area contributed by atoms with E-state index in [4.69, 9.17) is 29.0 Å². The first-order chi connectivity index (χ1) is 22.7. The van der Waals surface area contributed by atoms with E-state index in [0.29, 0.717) is 22.7 Å². The van der Waals surface area contributed by atoms with Crippen LogP contribution in [0.5, 0.6) is 11.5 Å². The van der Waals surface area contributed by atoms with Gasteiger partial charge in [0.1, 0.15) is 0 Å². The minimum atomic E-state index is -0.983. The van der Waals surface area contributed by atoms with Gasteiger partial charge in [0.2, 0.25) is 0 Å². The molecule has 256 valence electrons. The Kier molecular flexibility index (Phi) is 11.1. The molecule has 0 saturated carbocycles. The maximum atomic E-state index is 6.76. The van der Waals surface area contributed by atoms with Gasteiger partial charge in [0.05, 0.1) is 0 Å². The van der Waals surface area contributed by atoms with E-state index in [1.54, 1.807) is 0 Å². The third-order valence-corrected chi connectivity index (χ3v) is 9.14. The number of para-hydroxylation sites is 4. The van der Waals surface area contributed by atoms with E-state index < -0.39 is 15.9 Å². The van der Waals surface area contributed by atoms with Gasteiger partial charge in [0.25, 0.3) is 0 Å². The zero-order chi connectivity index (χ0) is 36.4. The number of nitrogen functional groups attached to an aromatic ring is 2. The van der Waals surface area contributed by atoms with Gasteiger partial charge in [-0.25, -0.2) is 0 Å². The number of benzene rings is 4. The zero-order valence-corrected chi connectivity index (χ0v) is 32.7. The molecule has 0 bridgehead atoms. The molecule has 0 radical (unpaired) electrons. The molecule has 0 fully saturated rings. The van der Waals surface area contributed by atoms with Crippen molar-refractivity contribution in [2.45, 2.75) is 105 Å². The molecule has 0 unspecified atom stereocenters. The van der Waals surface area contributed by atoms with Crippen LogP contribution in [0.15, 0.2) is 82.8 Å². The molecule has 0 heterocycles. The molecule has 0 aliphatic rings. The van der Waals surface area contributed by atoms with Crippen molar-refractivity contribution in [2.75, 3.05) is 11.5 Å². The molecule has 49 heavy (non-hydrogen) atoms.